The Balaban J connectivity index is 1.56. The van der Waals surface area contributed by atoms with E-state index in [4.69, 9.17) is 4.84 Å². The van der Waals surface area contributed by atoms with E-state index >= 15 is 0 Å². The van der Waals surface area contributed by atoms with Gasteiger partial charge >= 0.3 is 12.3 Å². The molecule has 1 amide bonds. The number of nitrogens with zero attached hydrogens (tertiary/aromatic N) is 5. The molecule has 1 fully saturated rings. The Hall–Kier alpha value is -3.89. The zero-order valence-electron chi connectivity index (χ0n) is 18.5. The minimum Gasteiger partial charge on any atom is -0.453 e. The van der Waals surface area contributed by atoms with E-state index < -0.39 is 11.7 Å². The first kappa shape index (κ1) is 23.3. The number of hydrogen-bond donors (Lipinski definition) is 0. The lowest BCUT2D eigenvalue weighted by Gasteiger charge is -2.36. The number of hydrogen-bond acceptors (Lipinski definition) is 5. The number of aromatic nitrogens is 2. The highest BCUT2D eigenvalue weighted by Crippen LogP contribution is 2.32. The summed E-state index contributed by atoms with van der Waals surface area (Å²) in [5.41, 5.74) is 2.23. The molecule has 0 bridgehead atoms. The number of pyridine rings is 1. The zero-order valence-corrected chi connectivity index (χ0v) is 18.5. The molecule has 0 atom stereocenters. The Bertz CT molecular complexity index is 1260. The first-order valence-electron chi connectivity index (χ1n) is 10.4. The van der Waals surface area contributed by atoms with Crippen molar-refractivity contribution in [1.82, 2.24) is 14.3 Å². The van der Waals surface area contributed by atoms with Crippen molar-refractivity contribution in [2.24, 2.45) is 16.1 Å². The van der Waals surface area contributed by atoms with Crippen LogP contribution in [0, 0.1) is 12.8 Å². The molecule has 1 aliphatic rings. The number of aryl methyl sites for hydroxylation is 1. The maximum atomic E-state index is 13.2. The predicted molar refractivity (Wildman–Crippen MR) is 120 cm³/mol. The van der Waals surface area contributed by atoms with E-state index in [1.807, 2.05) is 13.0 Å². The molecule has 0 radical (unpaired) electrons. The van der Waals surface area contributed by atoms with Gasteiger partial charge in [-0.05, 0) is 37.4 Å². The molecule has 0 unspecified atom stereocenters. The molecule has 178 valence electrons. The van der Waals surface area contributed by atoms with Gasteiger partial charge in [-0.3, -0.25) is 4.40 Å². The van der Waals surface area contributed by atoms with Crippen LogP contribution < -0.4 is 0 Å². The molecule has 1 aliphatic heterocycles. The SMILES string of the molecule is C=N/C(=N\OCC1CN(C(=O)OC)C1)c1ccc(C)c(-c2cnc3ccc(C(F)(F)F)cn23)c1. The number of halogens is 3. The number of likely N-dealkylation sites (tertiary alicyclic amines) is 1. The largest absolute Gasteiger partial charge is 0.453 e. The third-order valence-electron chi connectivity index (χ3n) is 5.61. The number of fused-ring (bicyclic) bond motifs is 1. The van der Waals surface area contributed by atoms with E-state index in [1.54, 1.807) is 17.0 Å². The van der Waals surface area contributed by atoms with Gasteiger partial charge in [-0.15, -0.1) is 0 Å². The van der Waals surface area contributed by atoms with Gasteiger partial charge in [0.05, 0.1) is 24.6 Å². The number of amidine groups is 1. The minimum atomic E-state index is -4.47. The Morgan fingerprint density at radius 1 is 1.26 bits per heavy atom. The second-order valence-electron chi connectivity index (χ2n) is 7.93. The van der Waals surface area contributed by atoms with Crippen LogP contribution in [0.5, 0.6) is 0 Å². The lowest BCUT2D eigenvalue weighted by molar-refractivity contribution is -0.137. The number of aliphatic imine (C=N–C) groups is 1. The topological polar surface area (TPSA) is 80.8 Å². The number of benzene rings is 1. The number of ether oxygens (including phenoxy) is 1. The number of imidazole rings is 1. The molecular formula is C23H22F3N5O3. The number of rotatable bonds is 5. The molecule has 0 N–H and O–H groups in total. The number of alkyl halides is 3. The maximum absolute atomic E-state index is 13.2. The molecule has 3 aromatic rings. The van der Waals surface area contributed by atoms with E-state index in [-0.39, 0.29) is 17.8 Å². The molecule has 0 aliphatic carbocycles. The van der Waals surface area contributed by atoms with Gasteiger partial charge in [-0.1, -0.05) is 17.3 Å². The van der Waals surface area contributed by atoms with Crippen LogP contribution in [0.1, 0.15) is 16.7 Å². The van der Waals surface area contributed by atoms with Crippen molar-refractivity contribution in [2.45, 2.75) is 13.1 Å². The van der Waals surface area contributed by atoms with Crippen LogP contribution in [0.25, 0.3) is 16.9 Å². The summed E-state index contributed by atoms with van der Waals surface area (Å²) in [7, 11) is 1.33. The third-order valence-corrected chi connectivity index (χ3v) is 5.61. The smallest absolute Gasteiger partial charge is 0.417 e. The van der Waals surface area contributed by atoms with Gasteiger partial charge in [-0.2, -0.15) is 13.2 Å². The minimum absolute atomic E-state index is 0.128. The van der Waals surface area contributed by atoms with E-state index in [2.05, 4.69) is 26.6 Å². The standard InChI is InChI=1S/C23H22F3N5O3/c1-14-4-5-16(21(27-2)29-34-13-15-10-30(11-15)22(32)33-3)8-18(14)19-9-28-20-7-6-17(12-31(19)20)23(24,25)26/h4-9,12,15H,2,10-11,13H2,1,3H3/b29-21-. The van der Waals surface area contributed by atoms with Gasteiger partial charge in [-0.25, -0.2) is 14.8 Å². The Morgan fingerprint density at radius 2 is 2.03 bits per heavy atom. The normalized spacial score (nSPS) is 14.7. The van der Waals surface area contributed by atoms with Crippen molar-refractivity contribution in [3.63, 3.8) is 0 Å². The molecule has 0 spiro atoms. The number of oxime groups is 1. The van der Waals surface area contributed by atoms with Gasteiger partial charge in [0.25, 0.3) is 0 Å². The van der Waals surface area contributed by atoms with Crippen molar-refractivity contribution in [3.8, 4) is 11.3 Å². The van der Waals surface area contributed by atoms with Crippen molar-refractivity contribution in [3.05, 3.63) is 59.4 Å². The summed E-state index contributed by atoms with van der Waals surface area (Å²) in [6.07, 6.45) is -2.29. The van der Waals surface area contributed by atoms with Crippen molar-refractivity contribution >= 4 is 24.3 Å². The molecule has 1 aromatic carbocycles. The lowest BCUT2D eigenvalue weighted by Crippen LogP contribution is -2.51. The van der Waals surface area contributed by atoms with Crippen LogP contribution in [0.4, 0.5) is 18.0 Å². The van der Waals surface area contributed by atoms with E-state index in [9.17, 15) is 18.0 Å². The Kier molecular flexibility index (Phi) is 6.27. The molecule has 1 saturated heterocycles. The van der Waals surface area contributed by atoms with Crippen LogP contribution in [0.2, 0.25) is 0 Å². The molecular weight excluding hydrogens is 451 g/mol. The molecule has 2 aromatic heterocycles. The monoisotopic (exact) mass is 473 g/mol. The van der Waals surface area contributed by atoms with E-state index in [0.717, 1.165) is 17.8 Å². The van der Waals surface area contributed by atoms with Gasteiger partial charge in [0, 0.05) is 36.3 Å². The van der Waals surface area contributed by atoms with Gasteiger partial charge in [0.2, 0.25) is 0 Å². The highest BCUT2D eigenvalue weighted by atomic mass is 19.4. The summed E-state index contributed by atoms with van der Waals surface area (Å²) in [6, 6.07) is 7.70. The summed E-state index contributed by atoms with van der Waals surface area (Å²) in [6.45, 7) is 6.72. The summed E-state index contributed by atoms with van der Waals surface area (Å²) >= 11 is 0. The summed E-state index contributed by atoms with van der Waals surface area (Å²) < 4.78 is 45.7. The molecule has 3 heterocycles. The lowest BCUT2D eigenvalue weighted by atomic mass is 10.0. The first-order chi connectivity index (χ1) is 16.2. The number of methoxy groups -OCH3 is 1. The average Bonchev–Trinajstić information content (AvgIpc) is 3.20. The molecule has 11 heteroatoms. The van der Waals surface area contributed by atoms with Gasteiger partial charge in [0.15, 0.2) is 5.84 Å². The second kappa shape index (κ2) is 9.16. The van der Waals surface area contributed by atoms with Gasteiger partial charge < -0.3 is 14.5 Å². The number of amides is 1. The first-order valence-corrected chi connectivity index (χ1v) is 10.4. The van der Waals surface area contributed by atoms with Crippen molar-refractivity contribution < 1.29 is 27.5 Å². The molecule has 34 heavy (non-hydrogen) atoms. The highest BCUT2D eigenvalue weighted by molar-refractivity contribution is 6.02. The van der Waals surface area contributed by atoms with Crippen molar-refractivity contribution in [2.75, 3.05) is 26.8 Å². The zero-order chi connectivity index (χ0) is 24.5. The Labute approximate surface area is 193 Å². The quantitative estimate of drug-likeness (QED) is 0.312. The van der Waals surface area contributed by atoms with Crippen LogP contribution >= 0.6 is 0 Å². The summed E-state index contributed by atoms with van der Waals surface area (Å²) in [4.78, 5) is 26.6. The van der Waals surface area contributed by atoms with Crippen LogP contribution in [-0.4, -0.2) is 59.7 Å². The van der Waals surface area contributed by atoms with Crippen LogP contribution in [-0.2, 0) is 15.8 Å². The maximum Gasteiger partial charge on any atom is 0.417 e. The molecule has 0 saturated carbocycles. The van der Waals surface area contributed by atoms with Gasteiger partial charge in [0.1, 0.15) is 12.3 Å². The third kappa shape index (κ3) is 4.59. The molecule has 8 nitrogen and oxygen atoms in total. The van der Waals surface area contributed by atoms with E-state index in [1.165, 1.54) is 23.8 Å². The number of carbonyl (C=O) groups is 1. The highest BCUT2D eigenvalue weighted by Gasteiger charge is 2.32. The summed E-state index contributed by atoms with van der Waals surface area (Å²) in [5, 5.41) is 4.07. The Morgan fingerprint density at radius 3 is 2.71 bits per heavy atom. The predicted octanol–water partition coefficient (Wildman–Crippen LogP) is 4.41. The summed E-state index contributed by atoms with van der Waals surface area (Å²) in [5.74, 6) is 0.360. The fraction of sp³-hybridized carbons (Fsp3) is 0.304. The molecule has 4 rings (SSSR count). The fourth-order valence-electron chi connectivity index (χ4n) is 3.71. The average molecular weight is 473 g/mol. The fourth-order valence-corrected chi connectivity index (χ4v) is 3.71. The van der Waals surface area contributed by atoms with E-state index in [0.29, 0.717) is 42.2 Å². The van der Waals surface area contributed by atoms with Crippen LogP contribution in [0.3, 0.4) is 0 Å². The van der Waals surface area contributed by atoms with Crippen molar-refractivity contribution in [1.29, 1.82) is 0 Å². The number of carbonyl (C=O) groups excluding carboxylic acids is 1. The van der Waals surface area contributed by atoms with Crippen LogP contribution in [0.15, 0.2) is 52.9 Å². The second-order valence-corrected chi connectivity index (χ2v) is 7.93.